The molecule has 0 aromatic carbocycles. The normalized spacial score (nSPS) is 33.8. The molecule has 0 N–H and O–H groups in total. The monoisotopic (exact) mass is 372 g/mol. The summed E-state index contributed by atoms with van der Waals surface area (Å²) >= 11 is 0. The molecular weight excluding hydrogens is 352 g/mol. The molecule has 2 aliphatic carbocycles. The van der Waals surface area contributed by atoms with E-state index in [1.165, 1.54) is 6.08 Å². The zero-order chi connectivity index (χ0) is 18.2. The van der Waals surface area contributed by atoms with Gasteiger partial charge in [-0.15, -0.1) is 6.58 Å². The molecule has 2 bridgehead atoms. The summed E-state index contributed by atoms with van der Waals surface area (Å²) in [5.74, 6) is -1.64. The van der Waals surface area contributed by atoms with Gasteiger partial charge < -0.3 is 14.2 Å². The summed E-state index contributed by atoms with van der Waals surface area (Å²) in [5, 5.41) is -0.478. The van der Waals surface area contributed by atoms with Crippen LogP contribution in [0.5, 0.6) is 0 Å². The van der Waals surface area contributed by atoms with Crippen LogP contribution in [-0.2, 0) is 38.1 Å². The zero-order valence-electron chi connectivity index (χ0n) is 13.6. The van der Waals surface area contributed by atoms with Crippen LogP contribution in [-0.4, -0.2) is 57.6 Å². The van der Waals surface area contributed by atoms with E-state index in [9.17, 15) is 18.0 Å². The Hall–Kier alpha value is -1.71. The highest BCUT2D eigenvalue weighted by Crippen LogP contribution is 2.55. The fourth-order valence-electron chi connectivity index (χ4n) is 3.78. The molecule has 5 atom stereocenters. The van der Waals surface area contributed by atoms with E-state index in [0.29, 0.717) is 12.8 Å². The van der Waals surface area contributed by atoms with Crippen molar-refractivity contribution in [2.45, 2.75) is 30.3 Å². The van der Waals surface area contributed by atoms with E-state index in [0.717, 1.165) is 0 Å². The minimum atomic E-state index is -3.56. The molecule has 9 heteroatoms. The molecule has 8 nitrogen and oxygen atoms in total. The van der Waals surface area contributed by atoms with Crippen LogP contribution < -0.4 is 0 Å². The van der Waals surface area contributed by atoms with Crippen LogP contribution >= 0.6 is 0 Å². The van der Waals surface area contributed by atoms with E-state index in [1.54, 1.807) is 0 Å². The van der Waals surface area contributed by atoms with Crippen molar-refractivity contribution in [2.75, 3.05) is 19.8 Å². The number of carbonyl (C=O) groups excluding carboxylic acids is 2. The topological polar surface area (TPSA) is 105 Å². The van der Waals surface area contributed by atoms with Crippen LogP contribution in [0.15, 0.2) is 24.8 Å². The number of hydrogen-bond donors (Lipinski definition) is 0. The molecule has 2 saturated carbocycles. The fourth-order valence-corrected chi connectivity index (χ4v) is 5.66. The minimum Gasteiger partial charge on any atom is -0.457 e. The Bertz CT molecular complexity index is 697. The third-order valence-corrected chi connectivity index (χ3v) is 6.58. The maximum Gasteiger partial charge on any atom is 0.344 e. The second-order valence-electron chi connectivity index (χ2n) is 6.43. The highest BCUT2D eigenvalue weighted by atomic mass is 32.2. The Morgan fingerprint density at radius 3 is 2.72 bits per heavy atom. The van der Waals surface area contributed by atoms with E-state index < -0.39 is 46.1 Å². The van der Waals surface area contributed by atoms with E-state index in [4.69, 9.17) is 18.4 Å². The highest BCUT2D eigenvalue weighted by molar-refractivity contribution is 7.87. The van der Waals surface area contributed by atoms with Crippen molar-refractivity contribution < 1.29 is 36.4 Å². The molecule has 0 aromatic rings. The van der Waals surface area contributed by atoms with Crippen LogP contribution in [0.1, 0.15) is 12.8 Å². The summed E-state index contributed by atoms with van der Waals surface area (Å²) in [6.45, 7) is 6.65. The molecule has 0 aromatic heterocycles. The second-order valence-corrected chi connectivity index (χ2v) is 8.21. The first kappa shape index (κ1) is 18.1. The maximum absolute atomic E-state index is 11.9. The van der Waals surface area contributed by atoms with Gasteiger partial charge in [-0.1, -0.05) is 12.7 Å². The molecule has 25 heavy (non-hydrogen) atoms. The number of hydrogen-bond acceptors (Lipinski definition) is 8. The Labute approximate surface area is 145 Å². The van der Waals surface area contributed by atoms with Gasteiger partial charge in [-0.3, -0.25) is 4.18 Å². The lowest BCUT2D eigenvalue weighted by atomic mass is 9.94. The smallest absolute Gasteiger partial charge is 0.344 e. The SMILES string of the molecule is C=CCOCC(=C)C(=O)OCC(=O)OC1C2CC3C1OS(=O)(=O)C3C2. The van der Waals surface area contributed by atoms with Crippen LogP contribution in [0.25, 0.3) is 0 Å². The molecule has 5 unspecified atom stereocenters. The molecule has 3 fully saturated rings. The lowest BCUT2D eigenvalue weighted by molar-refractivity contribution is -0.165. The fraction of sp³-hybridized carbons (Fsp3) is 0.625. The number of esters is 2. The van der Waals surface area contributed by atoms with Crippen molar-refractivity contribution in [1.29, 1.82) is 0 Å². The number of ether oxygens (including phenoxy) is 3. The van der Waals surface area contributed by atoms with Crippen molar-refractivity contribution in [3.8, 4) is 0 Å². The van der Waals surface area contributed by atoms with Crippen molar-refractivity contribution in [1.82, 2.24) is 0 Å². The summed E-state index contributed by atoms with van der Waals surface area (Å²) in [6, 6.07) is 0. The number of carbonyl (C=O) groups is 2. The van der Waals surface area contributed by atoms with Crippen LogP contribution in [0, 0.1) is 11.8 Å². The summed E-state index contributed by atoms with van der Waals surface area (Å²) in [6.07, 6.45) is 1.42. The van der Waals surface area contributed by atoms with Crippen molar-refractivity contribution in [3.05, 3.63) is 24.8 Å². The number of rotatable bonds is 8. The summed E-state index contributed by atoms with van der Waals surface area (Å²) in [4.78, 5) is 23.6. The standard InChI is InChI=1S/C16H20O8S/c1-3-4-21-7-9(2)16(18)22-8-13(17)23-14-10-5-11-12(6-10)25(19,20)24-15(11)14/h3,10-12,14-15H,1-2,4-8H2. The van der Waals surface area contributed by atoms with Crippen LogP contribution in [0.3, 0.4) is 0 Å². The molecule has 0 radical (unpaired) electrons. The first-order chi connectivity index (χ1) is 11.8. The Morgan fingerprint density at radius 1 is 1.24 bits per heavy atom. The third kappa shape index (κ3) is 3.49. The number of fused-ring (bicyclic) bond motifs is 1. The molecule has 1 saturated heterocycles. The molecule has 0 amide bonds. The molecule has 3 rings (SSSR count). The largest absolute Gasteiger partial charge is 0.457 e. The highest BCUT2D eigenvalue weighted by Gasteiger charge is 2.65. The van der Waals surface area contributed by atoms with E-state index in [2.05, 4.69) is 13.2 Å². The van der Waals surface area contributed by atoms with Gasteiger partial charge in [0.1, 0.15) is 12.2 Å². The van der Waals surface area contributed by atoms with Gasteiger partial charge in [0.15, 0.2) is 6.61 Å². The third-order valence-electron chi connectivity index (χ3n) is 4.80. The maximum atomic E-state index is 11.9. The molecule has 1 aliphatic heterocycles. The molecular formula is C16H20O8S. The molecule has 3 aliphatic rings. The molecule has 1 heterocycles. The summed E-state index contributed by atoms with van der Waals surface area (Å²) in [7, 11) is -3.56. The van der Waals surface area contributed by atoms with E-state index >= 15 is 0 Å². The first-order valence-electron chi connectivity index (χ1n) is 7.98. The van der Waals surface area contributed by atoms with Crippen LogP contribution in [0.2, 0.25) is 0 Å². The Kier molecular flexibility index (Phi) is 4.99. The average molecular weight is 372 g/mol. The van der Waals surface area contributed by atoms with Crippen LogP contribution in [0.4, 0.5) is 0 Å². The van der Waals surface area contributed by atoms with Gasteiger partial charge in [0, 0.05) is 11.8 Å². The van der Waals surface area contributed by atoms with Gasteiger partial charge in [0.25, 0.3) is 10.1 Å². The van der Waals surface area contributed by atoms with Gasteiger partial charge in [0.05, 0.1) is 24.0 Å². The van der Waals surface area contributed by atoms with Gasteiger partial charge >= 0.3 is 11.9 Å². The minimum absolute atomic E-state index is 0.0263. The van der Waals surface area contributed by atoms with Gasteiger partial charge in [-0.2, -0.15) is 8.42 Å². The summed E-state index contributed by atoms with van der Waals surface area (Å²) in [5.41, 5.74) is 0.0719. The zero-order valence-corrected chi connectivity index (χ0v) is 14.4. The Morgan fingerprint density at radius 2 is 2.00 bits per heavy atom. The van der Waals surface area contributed by atoms with Crippen molar-refractivity contribution in [3.63, 3.8) is 0 Å². The van der Waals surface area contributed by atoms with Gasteiger partial charge in [-0.25, -0.2) is 9.59 Å². The lowest BCUT2D eigenvalue weighted by Crippen LogP contribution is -2.38. The predicted octanol–water partition coefficient (Wildman–Crippen LogP) is 0.337. The van der Waals surface area contributed by atoms with Gasteiger partial charge in [0.2, 0.25) is 0 Å². The Balaban J connectivity index is 1.46. The van der Waals surface area contributed by atoms with E-state index in [1.807, 2.05) is 0 Å². The second kappa shape index (κ2) is 6.89. The quantitative estimate of drug-likeness (QED) is 0.197. The molecule has 138 valence electrons. The van der Waals surface area contributed by atoms with Crippen molar-refractivity contribution in [2.24, 2.45) is 11.8 Å². The first-order valence-corrected chi connectivity index (χ1v) is 9.45. The predicted molar refractivity (Wildman–Crippen MR) is 84.8 cm³/mol. The van der Waals surface area contributed by atoms with Gasteiger partial charge in [-0.05, 0) is 12.8 Å². The average Bonchev–Trinajstić information content (AvgIpc) is 3.17. The van der Waals surface area contributed by atoms with E-state index in [-0.39, 0.29) is 30.6 Å². The van der Waals surface area contributed by atoms with Crippen molar-refractivity contribution >= 4 is 22.1 Å². The lowest BCUT2D eigenvalue weighted by Gasteiger charge is -2.24. The molecule has 0 spiro atoms. The summed E-state index contributed by atoms with van der Waals surface area (Å²) < 4.78 is 44.0.